The quantitative estimate of drug-likeness (QED) is 0.675. The first-order valence-corrected chi connectivity index (χ1v) is 4.08. The highest BCUT2D eigenvalue weighted by molar-refractivity contribution is 5.32. The summed E-state index contributed by atoms with van der Waals surface area (Å²) in [6.45, 7) is 1.77. The number of carbonyl (C=O) groups is 1. The fraction of sp³-hybridized carbons (Fsp3) is 0.300. The molecule has 0 fully saturated rings. The van der Waals surface area contributed by atoms with E-state index in [2.05, 4.69) is 12.1 Å². The molecule has 0 saturated carbocycles. The van der Waals surface area contributed by atoms with Gasteiger partial charge < -0.3 is 10.8 Å². The predicted molar refractivity (Wildman–Crippen MR) is 52.5 cm³/mol. The zero-order chi connectivity index (χ0) is 10.1. The van der Waals surface area contributed by atoms with Gasteiger partial charge in [-0.1, -0.05) is 30.3 Å². The van der Waals surface area contributed by atoms with Gasteiger partial charge in [0.15, 0.2) is 0 Å². The number of benzene rings is 1. The summed E-state index contributed by atoms with van der Waals surface area (Å²) in [7, 11) is 0. The Hall–Kier alpha value is -1.35. The van der Waals surface area contributed by atoms with E-state index in [4.69, 9.17) is 15.6 Å². The van der Waals surface area contributed by atoms with Crippen molar-refractivity contribution < 1.29 is 9.90 Å². The van der Waals surface area contributed by atoms with E-state index in [-0.39, 0.29) is 12.5 Å². The monoisotopic (exact) mass is 181 g/mol. The Bertz CT molecular complexity index is 222. The van der Waals surface area contributed by atoms with Crippen LogP contribution in [0.3, 0.4) is 0 Å². The molecule has 0 amide bonds. The van der Waals surface area contributed by atoms with E-state index in [0.29, 0.717) is 0 Å². The highest BCUT2D eigenvalue weighted by atomic mass is 16.3. The standard InChI is InChI=1S/C9H13N.CH2O2/c1-8(10)7-9-5-3-2-4-6-9;2-1-3/h2-6,8H,7,10H2,1H3;1H,(H,2,3). The molecule has 1 aromatic rings. The Morgan fingerprint density at radius 1 is 1.46 bits per heavy atom. The van der Waals surface area contributed by atoms with Crippen LogP contribution in [0, 0.1) is 0 Å². The van der Waals surface area contributed by atoms with E-state index >= 15 is 0 Å². The van der Waals surface area contributed by atoms with Crippen molar-refractivity contribution in [3.05, 3.63) is 35.9 Å². The van der Waals surface area contributed by atoms with Crippen LogP contribution in [0.5, 0.6) is 0 Å². The molecule has 3 N–H and O–H groups in total. The van der Waals surface area contributed by atoms with E-state index < -0.39 is 0 Å². The van der Waals surface area contributed by atoms with Crippen molar-refractivity contribution in [2.75, 3.05) is 0 Å². The maximum absolute atomic E-state index is 8.36. The van der Waals surface area contributed by atoms with Gasteiger partial charge >= 0.3 is 0 Å². The molecule has 1 aromatic carbocycles. The molecule has 0 spiro atoms. The van der Waals surface area contributed by atoms with Gasteiger partial charge in [-0.3, -0.25) is 4.79 Å². The molecule has 0 aliphatic carbocycles. The van der Waals surface area contributed by atoms with Gasteiger partial charge in [0.2, 0.25) is 0 Å². The molecule has 3 nitrogen and oxygen atoms in total. The largest absolute Gasteiger partial charge is 0.483 e. The molecule has 3 heteroatoms. The molecule has 0 aromatic heterocycles. The van der Waals surface area contributed by atoms with Gasteiger partial charge in [0.25, 0.3) is 6.47 Å². The van der Waals surface area contributed by atoms with Gasteiger partial charge in [0.1, 0.15) is 0 Å². The Kier molecular flexibility index (Phi) is 6.55. The summed E-state index contributed by atoms with van der Waals surface area (Å²) in [6.07, 6.45) is 0.973. The molecule has 0 heterocycles. The first-order chi connectivity index (χ1) is 6.20. The third-order valence-electron chi connectivity index (χ3n) is 1.40. The third kappa shape index (κ3) is 7.03. The number of hydrogen-bond acceptors (Lipinski definition) is 2. The SMILES string of the molecule is CC(N)Cc1ccccc1.O=CO. The van der Waals surface area contributed by atoms with E-state index in [1.54, 1.807) is 0 Å². The number of hydrogen-bond donors (Lipinski definition) is 2. The fourth-order valence-corrected chi connectivity index (χ4v) is 0.986. The van der Waals surface area contributed by atoms with Crippen LogP contribution in [0.1, 0.15) is 12.5 Å². The summed E-state index contributed by atoms with van der Waals surface area (Å²) in [4.78, 5) is 8.36. The highest BCUT2D eigenvalue weighted by Gasteiger charge is 1.94. The van der Waals surface area contributed by atoms with Crippen LogP contribution in [0.2, 0.25) is 0 Å². The van der Waals surface area contributed by atoms with Crippen molar-refractivity contribution in [3.8, 4) is 0 Å². The summed E-state index contributed by atoms with van der Waals surface area (Å²) >= 11 is 0. The summed E-state index contributed by atoms with van der Waals surface area (Å²) in [5, 5.41) is 6.89. The summed E-state index contributed by atoms with van der Waals surface area (Å²) < 4.78 is 0. The van der Waals surface area contributed by atoms with E-state index in [1.807, 2.05) is 25.1 Å². The van der Waals surface area contributed by atoms with Gasteiger partial charge in [-0.25, -0.2) is 0 Å². The lowest BCUT2D eigenvalue weighted by Gasteiger charge is -2.02. The minimum Gasteiger partial charge on any atom is -0.483 e. The van der Waals surface area contributed by atoms with Crippen molar-refractivity contribution in [1.82, 2.24) is 0 Å². The molecule has 0 aliphatic rings. The van der Waals surface area contributed by atoms with Crippen LogP contribution in [-0.2, 0) is 11.2 Å². The van der Waals surface area contributed by atoms with Crippen LogP contribution in [0.25, 0.3) is 0 Å². The summed E-state index contributed by atoms with van der Waals surface area (Å²) in [5.74, 6) is 0. The normalized spacial score (nSPS) is 10.9. The molecule has 0 bridgehead atoms. The van der Waals surface area contributed by atoms with E-state index in [0.717, 1.165) is 6.42 Å². The van der Waals surface area contributed by atoms with Crippen molar-refractivity contribution in [3.63, 3.8) is 0 Å². The van der Waals surface area contributed by atoms with E-state index in [1.165, 1.54) is 5.56 Å². The first-order valence-electron chi connectivity index (χ1n) is 4.08. The van der Waals surface area contributed by atoms with Crippen LogP contribution in [0.15, 0.2) is 30.3 Å². The van der Waals surface area contributed by atoms with Crippen molar-refractivity contribution in [1.29, 1.82) is 0 Å². The van der Waals surface area contributed by atoms with Crippen molar-refractivity contribution >= 4 is 6.47 Å². The van der Waals surface area contributed by atoms with Crippen LogP contribution >= 0.6 is 0 Å². The molecular formula is C10H15NO2. The minimum atomic E-state index is -0.250. The zero-order valence-corrected chi connectivity index (χ0v) is 7.68. The Labute approximate surface area is 78.2 Å². The molecule has 13 heavy (non-hydrogen) atoms. The average Bonchev–Trinajstić information content (AvgIpc) is 2.06. The predicted octanol–water partition coefficient (Wildman–Crippen LogP) is 1.28. The molecule has 1 atom stereocenters. The lowest BCUT2D eigenvalue weighted by molar-refractivity contribution is -0.122. The molecule has 1 unspecified atom stereocenters. The molecule has 0 radical (unpaired) electrons. The third-order valence-corrected chi connectivity index (χ3v) is 1.40. The number of rotatable bonds is 2. The molecule has 1 rings (SSSR count). The second-order valence-electron chi connectivity index (χ2n) is 2.77. The average molecular weight is 181 g/mol. The number of nitrogens with two attached hydrogens (primary N) is 1. The van der Waals surface area contributed by atoms with Gasteiger partial charge in [0, 0.05) is 6.04 Å². The maximum Gasteiger partial charge on any atom is 0.290 e. The van der Waals surface area contributed by atoms with E-state index in [9.17, 15) is 0 Å². The van der Waals surface area contributed by atoms with Crippen LogP contribution in [0.4, 0.5) is 0 Å². The summed E-state index contributed by atoms with van der Waals surface area (Å²) in [5.41, 5.74) is 6.94. The van der Waals surface area contributed by atoms with Crippen LogP contribution in [-0.4, -0.2) is 17.6 Å². The van der Waals surface area contributed by atoms with Gasteiger partial charge in [0.05, 0.1) is 0 Å². The second-order valence-corrected chi connectivity index (χ2v) is 2.77. The molecular weight excluding hydrogens is 166 g/mol. The van der Waals surface area contributed by atoms with Crippen molar-refractivity contribution in [2.45, 2.75) is 19.4 Å². The van der Waals surface area contributed by atoms with Gasteiger partial charge in [-0.15, -0.1) is 0 Å². The fourth-order valence-electron chi connectivity index (χ4n) is 0.986. The first kappa shape index (κ1) is 11.6. The summed E-state index contributed by atoms with van der Waals surface area (Å²) in [6, 6.07) is 10.6. The topological polar surface area (TPSA) is 63.3 Å². The van der Waals surface area contributed by atoms with Crippen molar-refractivity contribution in [2.24, 2.45) is 5.73 Å². The zero-order valence-electron chi connectivity index (χ0n) is 7.68. The Balaban J connectivity index is 0.000000424. The molecule has 0 saturated heterocycles. The minimum absolute atomic E-state index is 0.250. The second kappa shape index (κ2) is 7.31. The Morgan fingerprint density at radius 3 is 2.31 bits per heavy atom. The van der Waals surface area contributed by atoms with Crippen LogP contribution < -0.4 is 5.73 Å². The lowest BCUT2D eigenvalue weighted by Crippen LogP contribution is -2.17. The Morgan fingerprint density at radius 2 is 1.92 bits per heavy atom. The van der Waals surface area contributed by atoms with Gasteiger partial charge in [-0.05, 0) is 18.9 Å². The van der Waals surface area contributed by atoms with Gasteiger partial charge in [-0.2, -0.15) is 0 Å². The molecule has 72 valence electrons. The highest BCUT2D eigenvalue weighted by Crippen LogP contribution is 2.00. The maximum atomic E-state index is 8.36. The lowest BCUT2D eigenvalue weighted by atomic mass is 10.1. The molecule has 0 aliphatic heterocycles. The smallest absolute Gasteiger partial charge is 0.290 e. The number of carboxylic acid groups (broad SMARTS) is 1.